The average molecular weight is 385 g/mol. The lowest BCUT2D eigenvalue weighted by Crippen LogP contribution is -2.41. The molecule has 27 heavy (non-hydrogen) atoms. The number of halogens is 3. The molecule has 8 nitrogen and oxygen atoms in total. The van der Waals surface area contributed by atoms with Crippen LogP contribution in [0.2, 0.25) is 0 Å². The lowest BCUT2D eigenvalue weighted by molar-refractivity contribution is -0.142. The van der Waals surface area contributed by atoms with Crippen LogP contribution in [0.15, 0.2) is 18.5 Å². The molecule has 3 rings (SSSR count). The summed E-state index contributed by atoms with van der Waals surface area (Å²) in [6.07, 6.45) is -0.651. The Labute approximate surface area is 152 Å². The van der Waals surface area contributed by atoms with Gasteiger partial charge < -0.3 is 10.0 Å². The summed E-state index contributed by atoms with van der Waals surface area (Å²) >= 11 is 0. The summed E-state index contributed by atoms with van der Waals surface area (Å²) in [5, 5.41) is 16.5. The monoisotopic (exact) mass is 385 g/mol. The van der Waals surface area contributed by atoms with Crippen molar-refractivity contribution < 1.29 is 27.9 Å². The van der Waals surface area contributed by atoms with E-state index in [0.29, 0.717) is 25.9 Å². The summed E-state index contributed by atoms with van der Waals surface area (Å²) in [5.41, 5.74) is -0.647. The number of piperidine rings is 1. The second-order valence-corrected chi connectivity index (χ2v) is 6.45. The van der Waals surface area contributed by atoms with Crippen molar-refractivity contribution in [3.05, 3.63) is 35.4 Å². The van der Waals surface area contributed by atoms with Gasteiger partial charge in [0.1, 0.15) is 6.54 Å². The highest BCUT2D eigenvalue weighted by atomic mass is 19.4. The van der Waals surface area contributed by atoms with Gasteiger partial charge in [-0.2, -0.15) is 23.4 Å². The van der Waals surface area contributed by atoms with E-state index in [4.69, 9.17) is 5.11 Å². The van der Waals surface area contributed by atoms with Crippen LogP contribution < -0.4 is 0 Å². The first-order valence-corrected chi connectivity index (χ1v) is 8.32. The Morgan fingerprint density at radius 3 is 2.48 bits per heavy atom. The van der Waals surface area contributed by atoms with Crippen molar-refractivity contribution in [3.63, 3.8) is 0 Å². The predicted octanol–water partition coefficient (Wildman–Crippen LogP) is 1.97. The van der Waals surface area contributed by atoms with Gasteiger partial charge in [0.2, 0.25) is 5.91 Å². The Bertz CT molecular complexity index is 850. The lowest BCUT2D eigenvalue weighted by atomic mass is 10.1. The van der Waals surface area contributed by atoms with Crippen LogP contribution >= 0.6 is 0 Å². The van der Waals surface area contributed by atoms with E-state index >= 15 is 0 Å². The van der Waals surface area contributed by atoms with Crippen molar-refractivity contribution in [3.8, 4) is 0 Å². The highest BCUT2D eigenvalue weighted by molar-refractivity contribution is 5.86. The number of likely N-dealkylation sites (tertiary alicyclic amines) is 1. The number of carbonyl (C=O) groups excluding carboxylic acids is 1. The van der Waals surface area contributed by atoms with Gasteiger partial charge in [-0.15, -0.1) is 0 Å². The highest BCUT2D eigenvalue weighted by Crippen LogP contribution is 2.28. The molecular weight excluding hydrogens is 367 g/mol. The van der Waals surface area contributed by atoms with Crippen LogP contribution in [0.1, 0.15) is 40.6 Å². The number of hydrogen-bond acceptors (Lipinski definition) is 4. The van der Waals surface area contributed by atoms with Gasteiger partial charge in [-0.25, -0.2) is 4.79 Å². The molecule has 1 saturated heterocycles. The minimum Gasteiger partial charge on any atom is -0.478 e. The van der Waals surface area contributed by atoms with Crippen molar-refractivity contribution in [2.24, 2.45) is 0 Å². The van der Waals surface area contributed by atoms with E-state index in [2.05, 4.69) is 10.2 Å². The molecule has 1 fully saturated rings. The molecule has 3 heterocycles. The van der Waals surface area contributed by atoms with Crippen molar-refractivity contribution in [1.82, 2.24) is 24.5 Å². The lowest BCUT2D eigenvalue weighted by Gasteiger charge is -2.32. The molecular formula is C16H18F3N5O3. The smallest absolute Gasteiger partial charge is 0.435 e. The van der Waals surface area contributed by atoms with Crippen LogP contribution in [0.5, 0.6) is 0 Å². The molecule has 0 unspecified atom stereocenters. The van der Waals surface area contributed by atoms with Gasteiger partial charge >= 0.3 is 12.1 Å². The average Bonchev–Trinajstić information content (AvgIpc) is 3.22. The normalized spacial score (nSPS) is 15.9. The van der Waals surface area contributed by atoms with E-state index < -0.39 is 17.8 Å². The van der Waals surface area contributed by atoms with Crippen molar-refractivity contribution >= 4 is 11.9 Å². The Morgan fingerprint density at radius 2 is 1.96 bits per heavy atom. The second kappa shape index (κ2) is 7.05. The molecule has 1 aliphatic heterocycles. The zero-order valence-corrected chi connectivity index (χ0v) is 14.5. The van der Waals surface area contributed by atoms with Gasteiger partial charge in [0.25, 0.3) is 0 Å². The number of rotatable bonds is 4. The largest absolute Gasteiger partial charge is 0.478 e. The van der Waals surface area contributed by atoms with Gasteiger partial charge in [-0.05, 0) is 25.8 Å². The maximum absolute atomic E-state index is 12.7. The van der Waals surface area contributed by atoms with E-state index in [1.165, 1.54) is 19.3 Å². The molecule has 2 aromatic heterocycles. The van der Waals surface area contributed by atoms with Crippen LogP contribution in [0.4, 0.5) is 13.2 Å². The summed E-state index contributed by atoms with van der Waals surface area (Å²) in [7, 11) is 0. The number of aromatic nitrogens is 4. The zero-order chi connectivity index (χ0) is 19.8. The summed E-state index contributed by atoms with van der Waals surface area (Å²) in [6.45, 7) is 2.05. The number of amides is 1. The van der Waals surface area contributed by atoms with E-state index in [9.17, 15) is 22.8 Å². The molecule has 2 aromatic rings. The summed E-state index contributed by atoms with van der Waals surface area (Å²) < 4.78 is 40.8. The van der Waals surface area contributed by atoms with Crippen molar-refractivity contribution in [1.29, 1.82) is 0 Å². The zero-order valence-electron chi connectivity index (χ0n) is 14.5. The predicted molar refractivity (Wildman–Crippen MR) is 86.0 cm³/mol. The maximum atomic E-state index is 12.7. The Balaban J connectivity index is 1.58. The first-order valence-electron chi connectivity index (χ1n) is 8.32. The molecule has 0 spiro atoms. The minimum atomic E-state index is -4.55. The number of nitrogens with zero attached hydrogens (tertiary/aromatic N) is 5. The molecule has 1 aliphatic rings. The van der Waals surface area contributed by atoms with E-state index in [1.54, 1.807) is 9.58 Å². The molecule has 0 saturated carbocycles. The molecule has 1 amide bonds. The molecule has 0 bridgehead atoms. The Morgan fingerprint density at radius 1 is 1.30 bits per heavy atom. The fraction of sp³-hybridized carbons (Fsp3) is 0.500. The van der Waals surface area contributed by atoms with Crippen LogP contribution in [-0.2, 0) is 17.5 Å². The highest BCUT2D eigenvalue weighted by Gasteiger charge is 2.35. The minimum absolute atomic E-state index is 0.0228. The molecule has 1 N–H and O–H groups in total. The second-order valence-electron chi connectivity index (χ2n) is 6.45. The van der Waals surface area contributed by atoms with E-state index in [1.807, 2.05) is 0 Å². The number of carboxylic acids is 1. The van der Waals surface area contributed by atoms with Gasteiger partial charge in [-0.1, -0.05) is 0 Å². The number of aromatic carboxylic acids is 1. The van der Waals surface area contributed by atoms with E-state index in [0.717, 1.165) is 10.7 Å². The van der Waals surface area contributed by atoms with Gasteiger partial charge in [-0.3, -0.25) is 14.2 Å². The number of carboxylic acid groups (broad SMARTS) is 1. The van der Waals surface area contributed by atoms with Crippen LogP contribution in [-0.4, -0.2) is 54.5 Å². The van der Waals surface area contributed by atoms with Crippen LogP contribution in [0.25, 0.3) is 0 Å². The molecule has 146 valence electrons. The van der Waals surface area contributed by atoms with Crippen LogP contribution in [0, 0.1) is 6.92 Å². The van der Waals surface area contributed by atoms with E-state index in [-0.39, 0.29) is 29.8 Å². The summed E-state index contributed by atoms with van der Waals surface area (Å²) in [4.78, 5) is 24.9. The fourth-order valence-electron chi connectivity index (χ4n) is 3.06. The van der Waals surface area contributed by atoms with Gasteiger partial charge in [0.15, 0.2) is 5.69 Å². The molecule has 11 heteroatoms. The topological polar surface area (TPSA) is 93.2 Å². The number of alkyl halides is 3. The number of hydrogen-bond donors (Lipinski definition) is 1. The number of aryl methyl sites for hydroxylation is 1. The van der Waals surface area contributed by atoms with Crippen molar-refractivity contribution in [2.45, 2.75) is 38.5 Å². The molecule has 0 radical (unpaired) electrons. The third-order valence-corrected chi connectivity index (χ3v) is 4.60. The quantitative estimate of drug-likeness (QED) is 0.869. The third-order valence-electron chi connectivity index (χ3n) is 4.60. The van der Waals surface area contributed by atoms with Crippen molar-refractivity contribution in [2.75, 3.05) is 13.1 Å². The Hall–Kier alpha value is -2.85. The summed E-state index contributed by atoms with van der Waals surface area (Å²) in [5.74, 6) is -1.36. The molecule has 0 aliphatic carbocycles. The SMILES string of the molecule is Cc1cc(C(F)(F)F)nn1CC(=O)N1CCC(n2cc(C(=O)O)cn2)CC1. The number of carbonyl (C=O) groups is 2. The molecule has 0 atom stereocenters. The first-order chi connectivity index (χ1) is 12.6. The third kappa shape index (κ3) is 4.12. The van der Waals surface area contributed by atoms with Gasteiger partial charge in [0.05, 0.1) is 17.8 Å². The maximum Gasteiger partial charge on any atom is 0.435 e. The Kier molecular flexibility index (Phi) is 4.94. The summed E-state index contributed by atoms with van der Waals surface area (Å²) in [6, 6.07) is 0.891. The standard InChI is InChI=1S/C16H18F3N5O3/c1-10-6-13(16(17,18)19)21-23(10)9-14(25)22-4-2-12(3-5-22)24-8-11(7-20-24)15(26)27/h6-8,12H,2-5,9H2,1H3,(H,26,27). The molecule has 0 aromatic carbocycles. The van der Waals surface area contributed by atoms with Crippen LogP contribution in [0.3, 0.4) is 0 Å². The fourth-order valence-corrected chi connectivity index (χ4v) is 3.06. The first kappa shape index (κ1) is 18.9. The van der Waals surface area contributed by atoms with Gasteiger partial charge in [0, 0.05) is 25.0 Å².